The van der Waals surface area contributed by atoms with Crippen LogP contribution in [-0.2, 0) is 0 Å². The van der Waals surface area contributed by atoms with Crippen LogP contribution in [0.15, 0.2) is 36.4 Å². The standard InChI is InChI=1S/C17H17NO3/c1-10-8-12(9-10)18-16(19)13-6-2-4-11-5-3-7-14(15(11)13)17(20)21/h2-7,10,12H,8-9H2,1H3,(H,18,19)(H,20,21). The molecule has 1 fully saturated rings. The molecule has 1 amide bonds. The number of rotatable bonds is 3. The molecule has 0 unspecified atom stereocenters. The van der Waals surface area contributed by atoms with E-state index in [1.165, 1.54) is 6.07 Å². The Kier molecular flexibility index (Phi) is 3.37. The lowest BCUT2D eigenvalue weighted by Crippen LogP contribution is -2.43. The highest BCUT2D eigenvalue weighted by Gasteiger charge is 2.27. The Hall–Kier alpha value is -2.36. The topological polar surface area (TPSA) is 66.4 Å². The number of nitrogens with one attached hydrogen (secondary N) is 1. The molecule has 1 saturated carbocycles. The molecule has 0 aromatic heterocycles. The third-order valence-electron chi connectivity index (χ3n) is 4.09. The molecule has 0 aliphatic heterocycles. The molecule has 2 aromatic carbocycles. The predicted octanol–water partition coefficient (Wildman–Crippen LogP) is 3.07. The van der Waals surface area contributed by atoms with E-state index in [2.05, 4.69) is 12.2 Å². The fraction of sp³-hybridized carbons (Fsp3) is 0.294. The number of carboxylic acid groups (broad SMARTS) is 1. The van der Waals surface area contributed by atoms with Crippen LogP contribution in [0.2, 0.25) is 0 Å². The molecule has 1 aliphatic rings. The summed E-state index contributed by atoms with van der Waals surface area (Å²) in [5, 5.41) is 13.6. The summed E-state index contributed by atoms with van der Waals surface area (Å²) in [6.45, 7) is 2.16. The third kappa shape index (κ3) is 2.49. The van der Waals surface area contributed by atoms with Crippen molar-refractivity contribution in [3.63, 3.8) is 0 Å². The van der Waals surface area contributed by atoms with E-state index in [4.69, 9.17) is 0 Å². The molecule has 0 bridgehead atoms. The maximum Gasteiger partial charge on any atom is 0.336 e. The normalized spacial score (nSPS) is 20.8. The molecule has 0 atom stereocenters. The quantitative estimate of drug-likeness (QED) is 0.909. The van der Waals surface area contributed by atoms with Gasteiger partial charge < -0.3 is 10.4 Å². The lowest BCUT2D eigenvalue weighted by molar-refractivity contribution is 0.0699. The Morgan fingerprint density at radius 1 is 1.10 bits per heavy atom. The second-order valence-electron chi connectivity index (χ2n) is 5.76. The number of carbonyl (C=O) groups is 2. The smallest absolute Gasteiger partial charge is 0.336 e. The van der Waals surface area contributed by atoms with Gasteiger partial charge in [-0.05, 0) is 36.3 Å². The molecule has 21 heavy (non-hydrogen) atoms. The third-order valence-corrected chi connectivity index (χ3v) is 4.09. The highest BCUT2D eigenvalue weighted by molar-refractivity contribution is 6.14. The highest BCUT2D eigenvalue weighted by Crippen LogP contribution is 2.28. The maximum absolute atomic E-state index is 12.4. The van der Waals surface area contributed by atoms with Gasteiger partial charge in [-0.2, -0.15) is 0 Å². The van der Waals surface area contributed by atoms with Gasteiger partial charge in [0, 0.05) is 17.0 Å². The van der Waals surface area contributed by atoms with Gasteiger partial charge in [-0.3, -0.25) is 4.79 Å². The van der Waals surface area contributed by atoms with Crippen molar-refractivity contribution in [3.8, 4) is 0 Å². The Labute approximate surface area is 122 Å². The average Bonchev–Trinajstić information content (AvgIpc) is 2.44. The van der Waals surface area contributed by atoms with E-state index < -0.39 is 5.97 Å². The van der Waals surface area contributed by atoms with E-state index in [-0.39, 0.29) is 17.5 Å². The van der Waals surface area contributed by atoms with Crippen molar-refractivity contribution in [2.24, 2.45) is 5.92 Å². The zero-order valence-electron chi connectivity index (χ0n) is 11.8. The fourth-order valence-corrected chi connectivity index (χ4v) is 2.99. The number of fused-ring (bicyclic) bond motifs is 1. The van der Waals surface area contributed by atoms with E-state index >= 15 is 0 Å². The summed E-state index contributed by atoms with van der Waals surface area (Å²) >= 11 is 0. The molecule has 0 spiro atoms. The van der Waals surface area contributed by atoms with Crippen LogP contribution in [-0.4, -0.2) is 23.0 Å². The lowest BCUT2D eigenvalue weighted by atomic mass is 9.81. The lowest BCUT2D eigenvalue weighted by Gasteiger charge is -2.33. The van der Waals surface area contributed by atoms with Gasteiger partial charge in [-0.25, -0.2) is 4.79 Å². The van der Waals surface area contributed by atoms with Crippen LogP contribution in [0.3, 0.4) is 0 Å². The summed E-state index contributed by atoms with van der Waals surface area (Å²) in [6.07, 6.45) is 1.98. The number of hydrogen-bond donors (Lipinski definition) is 2. The summed E-state index contributed by atoms with van der Waals surface area (Å²) in [6, 6.07) is 10.6. The van der Waals surface area contributed by atoms with Crippen molar-refractivity contribution in [2.75, 3.05) is 0 Å². The number of benzene rings is 2. The zero-order chi connectivity index (χ0) is 15.0. The fourth-order valence-electron chi connectivity index (χ4n) is 2.99. The van der Waals surface area contributed by atoms with Gasteiger partial charge in [0.25, 0.3) is 5.91 Å². The van der Waals surface area contributed by atoms with E-state index in [0.717, 1.165) is 18.2 Å². The molecule has 0 saturated heterocycles. The largest absolute Gasteiger partial charge is 0.478 e. The minimum Gasteiger partial charge on any atom is -0.478 e. The summed E-state index contributed by atoms with van der Waals surface area (Å²) in [5.74, 6) is -0.554. The van der Waals surface area contributed by atoms with Crippen molar-refractivity contribution in [1.82, 2.24) is 5.32 Å². The first kappa shape index (κ1) is 13.6. The van der Waals surface area contributed by atoms with Crippen molar-refractivity contribution >= 4 is 22.6 Å². The van der Waals surface area contributed by atoms with Crippen LogP contribution in [0.25, 0.3) is 10.8 Å². The van der Waals surface area contributed by atoms with Gasteiger partial charge in [0.1, 0.15) is 0 Å². The zero-order valence-corrected chi connectivity index (χ0v) is 11.8. The number of amides is 1. The number of carbonyl (C=O) groups excluding carboxylic acids is 1. The van der Waals surface area contributed by atoms with Gasteiger partial charge in [-0.1, -0.05) is 31.2 Å². The SMILES string of the molecule is CC1CC(NC(=O)c2cccc3cccc(C(=O)O)c23)C1. The van der Waals surface area contributed by atoms with E-state index in [1.807, 2.05) is 12.1 Å². The molecule has 0 radical (unpaired) electrons. The van der Waals surface area contributed by atoms with Crippen LogP contribution in [0, 0.1) is 5.92 Å². The first-order valence-corrected chi connectivity index (χ1v) is 7.12. The number of aromatic carboxylic acids is 1. The predicted molar refractivity (Wildman–Crippen MR) is 80.6 cm³/mol. The first-order valence-electron chi connectivity index (χ1n) is 7.12. The molecule has 3 rings (SSSR count). The van der Waals surface area contributed by atoms with E-state index in [1.54, 1.807) is 18.2 Å². The summed E-state index contributed by atoms with van der Waals surface area (Å²) in [5.41, 5.74) is 0.602. The van der Waals surface area contributed by atoms with Crippen molar-refractivity contribution in [1.29, 1.82) is 0 Å². The molecule has 4 nitrogen and oxygen atoms in total. The summed E-state index contributed by atoms with van der Waals surface area (Å²) in [7, 11) is 0. The number of hydrogen-bond acceptors (Lipinski definition) is 2. The minimum atomic E-state index is -1.02. The van der Waals surface area contributed by atoms with Crippen molar-refractivity contribution in [2.45, 2.75) is 25.8 Å². The first-order chi connectivity index (χ1) is 10.1. The molecule has 0 heterocycles. The van der Waals surface area contributed by atoms with Crippen LogP contribution >= 0.6 is 0 Å². The molecule has 1 aliphatic carbocycles. The highest BCUT2D eigenvalue weighted by atomic mass is 16.4. The minimum absolute atomic E-state index is 0.167. The maximum atomic E-state index is 12.4. The molecule has 108 valence electrons. The Morgan fingerprint density at radius 3 is 2.29 bits per heavy atom. The van der Waals surface area contributed by atoms with Crippen LogP contribution < -0.4 is 5.32 Å². The van der Waals surface area contributed by atoms with Crippen molar-refractivity contribution in [3.05, 3.63) is 47.5 Å². The summed E-state index contributed by atoms with van der Waals surface area (Å²) < 4.78 is 0. The van der Waals surface area contributed by atoms with Crippen molar-refractivity contribution < 1.29 is 14.7 Å². The molecule has 4 heteroatoms. The second kappa shape index (κ2) is 5.20. The second-order valence-corrected chi connectivity index (χ2v) is 5.76. The van der Waals surface area contributed by atoms with Gasteiger partial charge in [-0.15, -0.1) is 0 Å². The Morgan fingerprint density at radius 2 is 1.71 bits per heavy atom. The monoisotopic (exact) mass is 283 g/mol. The van der Waals surface area contributed by atoms with E-state index in [0.29, 0.717) is 16.9 Å². The molecular weight excluding hydrogens is 266 g/mol. The molecular formula is C17H17NO3. The van der Waals surface area contributed by atoms with Gasteiger partial charge in [0.05, 0.1) is 5.56 Å². The van der Waals surface area contributed by atoms with Gasteiger partial charge >= 0.3 is 5.97 Å². The summed E-state index contributed by atoms with van der Waals surface area (Å²) in [4.78, 5) is 23.8. The van der Waals surface area contributed by atoms with Crippen LogP contribution in [0.4, 0.5) is 0 Å². The Bertz CT molecular complexity index is 712. The average molecular weight is 283 g/mol. The molecule has 2 N–H and O–H groups in total. The Balaban J connectivity index is 2.01. The number of carboxylic acids is 1. The molecule has 2 aromatic rings. The van der Waals surface area contributed by atoms with Gasteiger partial charge in [0.2, 0.25) is 0 Å². The van der Waals surface area contributed by atoms with Crippen LogP contribution in [0.5, 0.6) is 0 Å². The van der Waals surface area contributed by atoms with E-state index in [9.17, 15) is 14.7 Å². The van der Waals surface area contributed by atoms with Gasteiger partial charge in [0.15, 0.2) is 0 Å². The van der Waals surface area contributed by atoms with Crippen LogP contribution in [0.1, 0.15) is 40.5 Å².